The van der Waals surface area contributed by atoms with E-state index in [1.54, 1.807) is 36.5 Å². The summed E-state index contributed by atoms with van der Waals surface area (Å²) in [6, 6.07) is 19.6. The van der Waals surface area contributed by atoms with Crippen molar-refractivity contribution in [3.63, 3.8) is 0 Å². The van der Waals surface area contributed by atoms with E-state index in [1.165, 1.54) is 19.2 Å². The van der Waals surface area contributed by atoms with Gasteiger partial charge in [0.25, 0.3) is 0 Å². The fraction of sp³-hybridized carbons (Fsp3) is 0.154. The molecule has 0 saturated carbocycles. The summed E-state index contributed by atoms with van der Waals surface area (Å²) in [5.41, 5.74) is 2.37. The Hall–Kier alpha value is -3.96. The molecule has 3 heterocycles. The maximum Gasteiger partial charge on any atom is 0.229 e. The molecule has 0 aliphatic carbocycles. The Morgan fingerprint density at radius 1 is 1.11 bits per heavy atom. The second-order valence-corrected chi connectivity index (χ2v) is 10.6. The Kier molecular flexibility index (Phi) is 6.57. The van der Waals surface area contributed by atoms with Crippen LogP contribution in [0.4, 0.5) is 15.8 Å². The van der Waals surface area contributed by atoms with E-state index in [0.29, 0.717) is 28.1 Å². The summed E-state index contributed by atoms with van der Waals surface area (Å²) in [5.74, 6) is 1.19. The zero-order valence-electron chi connectivity index (χ0n) is 19.9. The summed E-state index contributed by atoms with van der Waals surface area (Å²) in [7, 11) is -2.10. The highest BCUT2D eigenvalue weighted by Gasteiger charge is 2.42. The summed E-state index contributed by atoms with van der Waals surface area (Å²) >= 11 is 5.74. The molecule has 2 N–H and O–H groups in total. The molecule has 2 aromatic carbocycles. The lowest BCUT2D eigenvalue weighted by atomic mass is 10.0. The van der Waals surface area contributed by atoms with E-state index in [-0.39, 0.29) is 17.5 Å². The summed E-state index contributed by atoms with van der Waals surface area (Å²) in [6.45, 7) is 0. The van der Waals surface area contributed by atoms with Crippen LogP contribution in [0.2, 0.25) is 0 Å². The van der Waals surface area contributed by atoms with Crippen molar-refractivity contribution in [2.24, 2.45) is 0 Å². The highest BCUT2D eigenvalue weighted by atomic mass is 32.2. The van der Waals surface area contributed by atoms with Gasteiger partial charge in [0.2, 0.25) is 10.0 Å². The molecule has 0 radical (unpaired) electrons. The molecule has 1 aliphatic heterocycles. The van der Waals surface area contributed by atoms with Crippen LogP contribution in [0.5, 0.6) is 5.75 Å². The number of pyridine rings is 1. The fourth-order valence-corrected chi connectivity index (χ4v) is 5.23. The summed E-state index contributed by atoms with van der Waals surface area (Å²) in [6.07, 6.45) is 2.77. The number of halogens is 1. The minimum absolute atomic E-state index is 0.275. The van der Waals surface area contributed by atoms with Crippen LogP contribution in [0.25, 0.3) is 11.3 Å². The first-order valence-corrected chi connectivity index (χ1v) is 13.6. The quantitative estimate of drug-likeness (QED) is 0.316. The molecule has 1 fully saturated rings. The van der Waals surface area contributed by atoms with Gasteiger partial charge in [-0.15, -0.1) is 0 Å². The van der Waals surface area contributed by atoms with Crippen LogP contribution in [0.3, 0.4) is 0 Å². The molecular formula is C26H23FN4O4S2. The Morgan fingerprint density at radius 3 is 2.57 bits per heavy atom. The second kappa shape index (κ2) is 9.83. The van der Waals surface area contributed by atoms with Crippen LogP contribution in [0.15, 0.2) is 83.4 Å². The molecule has 4 aromatic rings. The number of nitrogens with one attached hydrogen (secondary N) is 2. The van der Waals surface area contributed by atoms with Crippen LogP contribution in [0, 0.1) is 5.82 Å². The highest BCUT2D eigenvalue weighted by molar-refractivity contribution is 7.92. The van der Waals surface area contributed by atoms with Crippen LogP contribution < -0.4 is 19.7 Å². The van der Waals surface area contributed by atoms with E-state index in [0.717, 1.165) is 17.5 Å². The van der Waals surface area contributed by atoms with E-state index in [4.69, 9.17) is 21.4 Å². The monoisotopic (exact) mass is 538 g/mol. The van der Waals surface area contributed by atoms with Gasteiger partial charge >= 0.3 is 0 Å². The first-order valence-electron chi connectivity index (χ1n) is 11.3. The molecule has 0 spiro atoms. The molecule has 1 aliphatic rings. The van der Waals surface area contributed by atoms with E-state index < -0.39 is 16.1 Å². The molecule has 0 unspecified atom stereocenters. The zero-order chi connectivity index (χ0) is 26.2. The van der Waals surface area contributed by atoms with Gasteiger partial charge in [0.15, 0.2) is 5.11 Å². The predicted molar refractivity (Wildman–Crippen MR) is 143 cm³/mol. The topological polar surface area (TPSA) is 96.7 Å². The van der Waals surface area contributed by atoms with Gasteiger partial charge in [-0.3, -0.25) is 9.71 Å². The smallest absolute Gasteiger partial charge is 0.229 e. The van der Waals surface area contributed by atoms with Crippen molar-refractivity contribution in [3.05, 3.63) is 96.3 Å². The Morgan fingerprint density at radius 2 is 1.89 bits per heavy atom. The maximum atomic E-state index is 13.4. The average Bonchev–Trinajstić information content (AvgIpc) is 3.48. The van der Waals surface area contributed by atoms with Gasteiger partial charge in [-0.25, -0.2) is 12.8 Å². The molecule has 2 aromatic heterocycles. The minimum Gasteiger partial charge on any atom is -0.495 e. The number of rotatable bonds is 7. The molecular weight excluding hydrogens is 515 g/mol. The fourth-order valence-electron chi connectivity index (χ4n) is 4.33. The highest BCUT2D eigenvalue weighted by Crippen LogP contribution is 2.44. The largest absolute Gasteiger partial charge is 0.495 e. The number of thiocarbonyl (C=S) groups is 1. The van der Waals surface area contributed by atoms with Crippen molar-refractivity contribution in [2.45, 2.75) is 12.1 Å². The van der Waals surface area contributed by atoms with Crippen LogP contribution >= 0.6 is 12.2 Å². The lowest BCUT2D eigenvalue weighted by molar-refractivity contribution is 0.416. The Bertz CT molecular complexity index is 1540. The Labute approximate surface area is 219 Å². The van der Waals surface area contributed by atoms with E-state index >= 15 is 0 Å². The van der Waals surface area contributed by atoms with Gasteiger partial charge in [-0.05, 0) is 78.9 Å². The van der Waals surface area contributed by atoms with Gasteiger partial charge in [0, 0.05) is 17.4 Å². The number of anilines is 2. The van der Waals surface area contributed by atoms with Gasteiger partial charge in [0.05, 0.1) is 30.8 Å². The van der Waals surface area contributed by atoms with Crippen molar-refractivity contribution < 1.29 is 22.0 Å². The first-order chi connectivity index (χ1) is 17.7. The third-order valence-electron chi connectivity index (χ3n) is 5.90. The molecule has 0 amide bonds. The molecule has 37 heavy (non-hydrogen) atoms. The molecule has 0 bridgehead atoms. The number of hydrogen-bond acceptors (Lipinski definition) is 6. The summed E-state index contributed by atoms with van der Waals surface area (Å²) < 4.78 is 51.5. The molecule has 1 saturated heterocycles. The normalized spacial score (nSPS) is 17.5. The van der Waals surface area contributed by atoms with Crippen molar-refractivity contribution in [2.75, 3.05) is 23.0 Å². The lowest BCUT2D eigenvalue weighted by Gasteiger charge is -2.27. The molecule has 8 nitrogen and oxygen atoms in total. The molecule has 2 atom stereocenters. The van der Waals surface area contributed by atoms with Crippen molar-refractivity contribution >= 4 is 38.7 Å². The standard InChI is InChI=1S/C26H23FN4O4S2/c1-34-22-11-10-18(15-20(22)30-37(2,32)33)31-25(24(29-26(31)36)19-5-3-4-14-28-19)23-13-12-21(35-23)16-6-8-17(27)9-7-16/h3-15,24-25,30H,1-2H3,(H,29,36)/t24-,25+/m1/s1. The molecule has 11 heteroatoms. The number of aromatic nitrogens is 1. The van der Waals surface area contributed by atoms with Crippen LogP contribution in [-0.4, -0.2) is 31.9 Å². The number of sulfonamides is 1. The van der Waals surface area contributed by atoms with Crippen molar-refractivity contribution in [1.82, 2.24) is 10.3 Å². The number of nitrogens with zero attached hydrogens (tertiary/aromatic N) is 2. The van der Waals surface area contributed by atoms with Gasteiger partial charge in [-0.1, -0.05) is 6.07 Å². The van der Waals surface area contributed by atoms with Crippen molar-refractivity contribution in [1.29, 1.82) is 0 Å². The van der Waals surface area contributed by atoms with Gasteiger partial charge < -0.3 is 19.4 Å². The molecule has 190 valence electrons. The lowest BCUT2D eigenvalue weighted by Crippen LogP contribution is -2.29. The minimum atomic E-state index is -3.57. The van der Waals surface area contributed by atoms with Crippen molar-refractivity contribution in [3.8, 4) is 17.1 Å². The zero-order valence-corrected chi connectivity index (χ0v) is 21.5. The number of furan rings is 1. The van der Waals surface area contributed by atoms with E-state index in [2.05, 4.69) is 15.0 Å². The maximum absolute atomic E-state index is 13.4. The van der Waals surface area contributed by atoms with Gasteiger partial charge in [-0.2, -0.15) is 0 Å². The van der Waals surface area contributed by atoms with Gasteiger partial charge in [0.1, 0.15) is 29.1 Å². The third kappa shape index (κ3) is 5.13. The number of methoxy groups -OCH3 is 1. The summed E-state index contributed by atoms with van der Waals surface area (Å²) in [4.78, 5) is 6.38. The predicted octanol–water partition coefficient (Wildman–Crippen LogP) is 5.04. The van der Waals surface area contributed by atoms with E-state index in [1.807, 2.05) is 35.2 Å². The number of benzene rings is 2. The first kappa shape index (κ1) is 24.7. The SMILES string of the molecule is COc1ccc(N2C(=S)N[C@H](c3ccccn3)[C@@H]2c2ccc(-c3ccc(F)cc3)o2)cc1NS(C)(=O)=O. The van der Waals surface area contributed by atoms with E-state index in [9.17, 15) is 12.8 Å². The second-order valence-electron chi connectivity index (χ2n) is 8.46. The average molecular weight is 539 g/mol. The third-order valence-corrected chi connectivity index (χ3v) is 6.81. The van der Waals surface area contributed by atoms with Crippen LogP contribution in [0.1, 0.15) is 23.5 Å². The summed E-state index contributed by atoms with van der Waals surface area (Å²) in [5, 5.41) is 3.75. The van der Waals surface area contributed by atoms with Crippen LogP contribution in [-0.2, 0) is 10.0 Å². The number of hydrogen-bond donors (Lipinski definition) is 2. The Balaban J connectivity index is 1.61. The number of ether oxygens (including phenoxy) is 1. The molecule has 5 rings (SSSR count).